The second-order valence-corrected chi connectivity index (χ2v) is 2.32. The molecule has 1 aliphatic rings. The molecule has 59 valence electrons. The van der Waals surface area contributed by atoms with Crippen LogP contribution in [0, 0.1) is 18.4 Å². The topological polar surface area (TPSA) is 0 Å². The van der Waals surface area contributed by atoms with Crippen molar-refractivity contribution in [1.82, 2.24) is 0 Å². The lowest BCUT2D eigenvalue weighted by Crippen LogP contribution is -2.13. The molecule has 0 aromatic heterocycles. The van der Waals surface area contributed by atoms with Crippen molar-refractivity contribution in [3.63, 3.8) is 0 Å². The fraction of sp³-hybridized carbons (Fsp3) is 0.375. The van der Waals surface area contributed by atoms with Gasteiger partial charge in [0, 0.05) is 6.42 Å². The predicted molar refractivity (Wildman–Crippen MR) is 34.4 cm³/mol. The standard InChI is InChI=1S/C8H6F3/c1-6-3-2-4-7(5-6)8(9,10)11/h2,5-6H,1H3. The second kappa shape index (κ2) is 2.72. The Hall–Kier alpha value is -0.730. The van der Waals surface area contributed by atoms with Gasteiger partial charge in [-0.2, -0.15) is 13.2 Å². The van der Waals surface area contributed by atoms with E-state index in [1.165, 1.54) is 6.08 Å². The first-order valence-corrected chi connectivity index (χ1v) is 3.13. The van der Waals surface area contributed by atoms with Gasteiger partial charge in [-0.3, -0.25) is 0 Å². The molecule has 0 bridgehead atoms. The molecule has 0 N–H and O–H groups in total. The fourth-order valence-corrected chi connectivity index (χ4v) is 0.773. The third kappa shape index (κ3) is 2.10. The Morgan fingerprint density at radius 3 is 2.45 bits per heavy atom. The van der Waals surface area contributed by atoms with E-state index in [4.69, 9.17) is 0 Å². The third-order valence-corrected chi connectivity index (χ3v) is 1.30. The predicted octanol–water partition coefficient (Wildman–Crippen LogP) is 2.57. The molecule has 3 heteroatoms. The molecular formula is C8H6F3. The summed E-state index contributed by atoms with van der Waals surface area (Å²) < 4.78 is 35.8. The van der Waals surface area contributed by atoms with Crippen LogP contribution >= 0.6 is 0 Å². The van der Waals surface area contributed by atoms with Crippen molar-refractivity contribution in [3.05, 3.63) is 30.2 Å². The normalized spacial score (nSPS) is 25.1. The zero-order chi connectivity index (χ0) is 8.48. The Morgan fingerprint density at radius 1 is 1.45 bits per heavy atom. The van der Waals surface area contributed by atoms with Gasteiger partial charge in [0.2, 0.25) is 0 Å². The molecule has 0 aromatic rings. The highest BCUT2D eigenvalue weighted by Gasteiger charge is 2.33. The summed E-state index contributed by atoms with van der Waals surface area (Å²) >= 11 is 0. The summed E-state index contributed by atoms with van der Waals surface area (Å²) in [6.45, 7) is 1.64. The van der Waals surface area contributed by atoms with Crippen molar-refractivity contribution in [1.29, 1.82) is 0 Å². The molecule has 1 atom stereocenters. The van der Waals surface area contributed by atoms with E-state index in [9.17, 15) is 13.2 Å². The molecule has 0 saturated heterocycles. The molecule has 1 unspecified atom stereocenters. The van der Waals surface area contributed by atoms with Crippen molar-refractivity contribution >= 4 is 0 Å². The van der Waals surface area contributed by atoms with Gasteiger partial charge in [0.25, 0.3) is 0 Å². The van der Waals surface area contributed by atoms with Gasteiger partial charge >= 0.3 is 6.18 Å². The largest absolute Gasteiger partial charge is 0.416 e. The van der Waals surface area contributed by atoms with E-state index in [0.29, 0.717) is 0 Å². The van der Waals surface area contributed by atoms with Crippen LogP contribution < -0.4 is 0 Å². The second-order valence-electron chi connectivity index (χ2n) is 2.32. The molecule has 0 aromatic carbocycles. The molecular weight excluding hydrogens is 153 g/mol. The Bertz CT molecular complexity index is 198. The summed E-state index contributed by atoms with van der Waals surface area (Å²) in [5, 5.41) is 0. The van der Waals surface area contributed by atoms with Crippen molar-refractivity contribution in [3.8, 4) is 0 Å². The first-order chi connectivity index (χ1) is 5.00. The van der Waals surface area contributed by atoms with E-state index in [1.807, 2.05) is 0 Å². The maximum Gasteiger partial charge on any atom is 0.416 e. The van der Waals surface area contributed by atoms with E-state index < -0.39 is 11.7 Å². The Morgan fingerprint density at radius 2 is 2.09 bits per heavy atom. The number of rotatable bonds is 0. The SMILES string of the molecule is CC1[C]C=[C]C(C(F)(F)F)=C1. The highest BCUT2D eigenvalue weighted by molar-refractivity contribution is 5.27. The Balaban J connectivity index is 2.80. The van der Waals surface area contributed by atoms with Crippen LogP contribution in [0.3, 0.4) is 0 Å². The zero-order valence-electron chi connectivity index (χ0n) is 5.87. The van der Waals surface area contributed by atoms with E-state index in [2.05, 4.69) is 12.5 Å². The van der Waals surface area contributed by atoms with Crippen LogP contribution in [-0.4, -0.2) is 6.18 Å². The maximum atomic E-state index is 11.9. The van der Waals surface area contributed by atoms with E-state index >= 15 is 0 Å². The van der Waals surface area contributed by atoms with Crippen LogP contribution in [0.25, 0.3) is 0 Å². The van der Waals surface area contributed by atoms with E-state index in [-0.39, 0.29) is 5.92 Å². The smallest absolute Gasteiger partial charge is 0.166 e. The van der Waals surface area contributed by atoms with Gasteiger partial charge in [-0.1, -0.05) is 19.1 Å². The number of halogens is 3. The summed E-state index contributed by atoms with van der Waals surface area (Å²) in [6, 6.07) is 0. The lowest BCUT2D eigenvalue weighted by molar-refractivity contribution is -0.0895. The summed E-state index contributed by atoms with van der Waals surface area (Å²) in [5.41, 5.74) is -0.705. The summed E-state index contributed by atoms with van der Waals surface area (Å²) in [4.78, 5) is 0. The first kappa shape index (κ1) is 8.37. The van der Waals surface area contributed by atoms with E-state index in [1.54, 1.807) is 6.92 Å². The van der Waals surface area contributed by atoms with Crippen molar-refractivity contribution in [2.24, 2.45) is 5.92 Å². The van der Waals surface area contributed by atoms with Crippen LogP contribution in [0.4, 0.5) is 13.2 Å². The molecule has 1 rings (SSSR count). The lowest BCUT2D eigenvalue weighted by atomic mass is 9.98. The van der Waals surface area contributed by atoms with Gasteiger partial charge < -0.3 is 0 Å². The van der Waals surface area contributed by atoms with Crippen LogP contribution in [0.1, 0.15) is 6.92 Å². The summed E-state index contributed by atoms with van der Waals surface area (Å²) in [6.07, 6.45) is 2.78. The molecule has 11 heavy (non-hydrogen) atoms. The van der Waals surface area contributed by atoms with Gasteiger partial charge in [-0.15, -0.1) is 0 Å². The van der Waals surface area contributed by atoms with Gasteiger partial charge in [0.15, 0.2) is 0 Å². The van der Waals surface area contributed by atoms with Crippen LogP contribution in [0.2, 0.25) is 0 Å². The number of alkyl halides is 3. The monoisotopic (exact) mass is 159 g/mol. The minimum atomic E-state index is -4.27. The summed E-state index contributed by atoms with van der Waals surface area (Å²) in [5.74, 6) is -0.270. The summed E-state index contributed by atoms with van der Waals surface area (Å²) in [7, 11) is 0. The third-order valence-electron chi connectivity index (χ3n) is 1.30. The van der Waals surface area contributed by atoms with Crippen LogP contribution in [-0.2, 0) is 0 Å². The molecule has 1 aliphatic carbocycles. The van der Waals surface area contributed by atoms with Crippen LogP contribution in [0.15, 0.2) is 17.7 Å². The molecule has 0 amide bonds. The van der Waals surface area contributed by atoms with Crippen molar-refractivity contribution in [2.75, 3.05) is 0 Å². The lowest BCUT2D eigenvalue weighted by Gasteiger charge is -2.13. The highest BCUT2D eigenvalue weighted by atomic mass is 19.4. The maximum absolute atomic E-state index is 11.9. The highest BCUT2D eigenvalue weighted by Crippen LogP contribution is 2.29. The molecule has 0 fully saturated rings. The first-order valence-electron chi connectivity index (χ1n) is 3.13. The minimum Gasteiger partial charge on any atom is -0.166 e. The Labute approximate surface area is 63.4 Å². The Kier molecular flexibility index (Phi) is 2.07. The molecule has 0 saturated carbocycles. The van der Waals surface area contributed by atoms with Gasteiger partial charge in [-0.25, -0.2) is 0 Å². The average molecular weight is 159 g/mol. The van der Waals surface area contributed by atoms with Crippen molar-refractivity contribution in [2.45, 2.75) is 13.1 Å². The van der Waals surface area contributed by atoms with E-state index in [0.717, 1.165) is 6.08 Å². The average Bonchev–Trinajstić information content (AvgIpc) is 1.86. The fourth-order valence-electron chi connectivity index (χ4n) is 0.773. The van der Waals surface area contributed by atoms with Gasteiger partial charge in [0.1, 0.15) is 0 Å². The van der Waals surface area contributed by atoms with Gasteiger partial charge in [0.05, 0.1) is 5.57 Å². The van der Waals surface area contributed by atoms with Gasteiger partial charge in [-0.05, 0) is 12.0 Å². The molecule has 0 heterocycles. The number of allylic oxidation sites excluding steroid dienone is 4. The van der Waals surface area contributed by atoms with Crippen molar-refractivity contribution < 1.29 is 13.2 Å². The zero-order valence-corrected chi connectivity index (χ0v) is 5.87. The van der Waals surface area contributed by atoms with Crippen LogP contribution in [0.5, 0.6) is 0 Å². The molecule has 0 nitrogen and oxygen atoms in total. The number of hydrogen-bond acceptors (Lipinski definition) is 0. The minimum absolute atomic E-state index is 0.270. The molecule has 0 spiro atoms. The molecule has 0 aliphatic heterocycles. The number of hydrogen-bond donors (Lipinski definition) is 0. The quantitative estimate of drug-likeness (QED) is 0.509. The molecule has 3 radical (unpaired) electrons.